The molecule has 2 aliphatic rings. The molecule has 2 fully saturated rings. The van der Waals surface area contributed by atoms with E-state index in [-0.39, 0.29) is 0 Å². The average Bonchev–Trinajstić information content (AvgIpc) is 2.81. The van der Waals surface area contributed by atoms with Crippen LogP contribution in [0.1, 0.15) is 46.5 Å². The first-order valence-electron chi connectivity index (χ1n) is 8.09. The number of hydrogen-bond donors (Lipinski definition) is 1. The van der Waals surface area contributed by atoms with Gasteiger partial charge < -0.3 is 10.2 Å². The molecule has 3 atom stereocenters. The van der Waals surface area contributed by atoms with Crippen molar-refractivity contribution in [1.82, 2.24) is 15.1 Å². The maximum atomic E-state index is 3.79. The maximum Gasteiger partial charge on any atom is 0.0274 e. The Morgan fingerprint density at radius 3 is 2.58 bits per heavy atom. The summed E-state index contributed by atoms with van der Waals surface area (Å²) in [6.45, 7) is 10.8. The third-order valence-electron chi connectivity index (χ3n) is 5.37. The van der Waals surface area contributed by atoms with Gasteiger partial charge in [0.25, 0.3) is 0 Å². The summed E-state index contributed by atoms with van der Waals surface area (Å²) < 4.78 is 0. The second-order valence-electron chi connectivity index (χ2n) is 7.38. The van der Waals surface area contributed by atoms with Crippen LogP contribution in [0.4, 0.5) is 0 Å². The van der Waals surface area contributed by atoms with Crippen LogP contribution in [0.5, 0.6) is 0 Å². The zero-order valence-corrected chi connectivity index (χ0v) is 13.6. The number of likely N-dealkylation sites (N-methyl/N-ethyl adjacent to an activating group) is 2. The molecule has 0 radical (unpaired) electrons. The van der Waals surface area contributed by atoms with Crippen LogP contribution in [0.25, 0.3) is 0 Å². The van der Waals surface area contributed by atoms with Gasteiger partial charge >= 0.3 is 0 Å². The molecule has 1 aliphatic carbocycles. The summed E-state index contributed by atoms with van der Waals surface area (Å²) in [5, 5.41) is 3.79. The molecular formula is C16H33N3. The molecule has 0 aromatic carbocycles. The molecule has 19 heavy (non-hydrogen) atoms. The monoisotopic (exact) mass is 267 g/mol. The molecule has 0 aromatic rings. The van der Waals surface area contributed by atoms with Crippen molar-refractivity contribution in [3.05, 3.63) is 0 Å². The van der Waals surface area contributed by atoms with Gasteiger partial charge in [-0.1, -0.05) is 27.2 Å². The van der Waals surface area contributed by atoms with Crippen LogP contribution in [-0.4, -0.2) is 61.7 Å². The van der Waals surface area contributed by atoms with Crippen LogP contribution in [-0.2, 0) is 0 Å². The zero-order chi connectivity index (χ0) is 14.0. The Morgan fingerprint density at radius 2 is 2.00 bits per heavy atom. The van der Waals surface area contributed by atoms with Gasteiger partial charge in [0.15, 0.2) is 0 Å². The molecule has 3 heteroatoms. The average molecular weight is 267 g/mol. The molecule has 1 saturated carbocycles. The second kappa shape index (κ2) is 6.11. The van der Waals surface area contributed by atoms with Crippen LogP contribution >= 0.6 is 0 Å². The van der Waals surface area contributed by atoms with Gasteiger partial charge in [0.2, 0.25) is 0 Å². The lowest BCUT2D eigenvalue weighted by Crippen LogP contribution is -2.58. The summed E-state index contributed by atoms with van der Waals surface area (Å²) in [7, 11) is 4.45. The summed E-state index contributed by atoms with van der Waals surface area (Å²) in [5.74, 6) is 0. The van der Waals surface area contributed by atoms with Gasteiger partial charge in [-0.3, -0.25) is 4.90 Å². The Balaban J connectivity index is 2.05. The first-order chi connectivity index (χ1) is 8.95. The van der Waals surface area contributed by atoms with Crippen molar-refractivity contribution in [2.45, 2.75) is 64.6 Å². The van der Waals surface area contributed by atoms with E-state index >= 15 is 0 Å². The molecule has 1 saturated heterocycles. The lowest BCUT2D eigenvalue weighted by Gasteiger charge is -2.48. The fraction of sp³-hybridized carbons (Fsp3) is 1.00. The van der Waals surface area contributed by atoms with E-state index in [2.05, 4.69) is 50.0 Å². The molecule has 0 aromatic heterocycles. The highest BCUT2D eigenvalue weighted by Gasteiger charge is 2.42. The fourth-order valence-corrected chi connectivity index (χ4v) is 4.13. The molecule has 1 aliphatic heterocycles. The smallest absolute Gasteiger partial charge is 0.0274 e. The van der Waals surface area contributed by atoms with Gasteiger partial charge in [0, 0.05) is 31.2 Å². The summed E-state index contributed by atoms with van der Waals surface area (Å²) in [4.78, 5) is 5.16. The Morgan fingerprint density at radius 1 is 1.26 bits per heavy atom. The lowest BCUT2D eigenvalue weighted by molar-refractivity contribution is 0.0591. The highest BCUT2D eigenvalue weighted by molar-refractivity contribution is 5.00. The topological polar surface area (TPSA) is 18.5 Å². The van der Waals surface area contributed by atoms with E-state index in [9.17, 15) is 0 Å². The van der Waals surface area contributed by atoms with Gasteiger partial charge in [0.1, 0.15) is 0 Å². The summed E-state index contributed by atoms with van der Waals surface area (Å²) >= 11 is 0. The van der Waals surface area contributed by atoms with Crippen LogP contribution in [0.2, 0.25) is 0 Å². The van der Waals surface area contributed by atoms with Crippen molar-refractivity contribution in [1.29, 1.82) is 0 Å². The normalized spacial score (nSPS) is 36.0. The molecular weight excluding hydrogens is 234 g/mol. The van der Waals surface area contributed by atoms with Crippen LogP contribution < -0.4 is 5.32 Å². The number of nitrogens with zero attached hydrogens (tertiary/aromatic N) is 2. The molecule has 1 heterocycles. The number of hydrogen-bond acceptors (Lipinski definition) is 3. The number of nitrogens with one attached hydrogen (secondary N) is 1. The largest absolute Gasteiger partial charge is 0.312 e. The van der Waals surface area contributed by atoms with Gasteiger partial charge in [-0.15, -0.1) is 0 Å². The van der Waals surface area contributed by atoms with E-state index in [1.54, 1.807) is 0 Å². The molecule has 0 amide bonds. The predicted molar refractivity (Wildman–Crippen MR) is 82.5 cm³/mol. The minimum atomic E-state index is 0.440. The first kappa shape index (κ1) is 15.3. The molecule has 3 unspecified atom stereocenters. The second-order valence-corrected chi connectivity index (χ2v) is 7.38. The minimum absolute atomic E-state index is 0.440. The van der Waals surface area contributed by atoms with E-state index in [1.165, 1.54) is 38.8 Å². The van der Waals surface area contributed by atoms with Crippen molar-refractivity contribution >= 4 is 0 Å². The standard InChI is InChI=1S/C16H33N3/c1-6-17-15-14(8-7-10-16(15,2)3)19-11-9-13(12-19)18(4)5/h13-15,17H,6-12H2,1-5H3. The Bertz CT molecular complexity index is 288. The molecule has 0 spiro atoms. The van der Waals surface area contributed by atoms with E-state index in [4.69, 9.17) is 0 Å². The number of rotatable bonds is 4. The summed E-state index contributed by atoms with van der Waals surface area (Å²) in [6, 6.07) is 2.16. The third kappa shape index (κ3) is 3.32. The molecule has 1 N–H and O–H groups in total. The lowest BCUT2D eigenvalue weighted by atomic mass is 9.70. The highest BCUT2D eigenvalue weighted by atomic mass is 15.3. The molecule has 2 rings (SSSR count). The maximum absolute atomic E-state index is 3.79. The van der Waals surface area contributed by atoms with Crippen molar-refractivity contribution in [3.8, 4) is 0 Å². The molecule has 0 bridgehead atoms. The quantitative estimate of drug-likeness (QED) is 0.842. The van der Waals surface area contributed by atoms with Crippen molar-refractivity contribution in [2.75, 3.05) is 33.7 Å². The van der Waals surface area contributed by atoms with Crippen molar-refractivity contribution in [2.24, 2.45) is 5.41 Å². The summed E-state index contributed by atoms with van der Waals surface area (Å²) in [5.41, 5.74) is 0.440. The van der Waals surface area contributed by atoms with E-state index in [1.807, 2.05) is 0 Å². The third-order valence-corrected chi connectivity index (χ3v) is 5.37. The minimum Gasteiger partial charge on any atom is -0.312 e. The van der Waals surface area contributed by atoms with Gasteiger partial charge in [0.05, 0.1) is 0 Å². The first-order valence-corrected chi connectivity index (χ1v) is 8.09. The van der Waals surface area contributed by atoms with Crippen molar-refractivity contribution in [3.63, 3.8) is 0 Å². The van der Waals surface area contributed by atoms with Gasteiger partial charge in [-0.25, -0.2) is 0 Å². The molecule has 112 valence electrons. The summed E-state index contributed by atoms with van der Waals surface area (Å²) in [6.07, 6.45) is 5.47. The van der Waals surface area contributed by atoms with Crippen LogP contribution in [0, 0.1) is 5.41 Å². The van der Waals surface area contributed by atoms with Gasteiger partial charge in [-0.2, -0.15) is 0 Å². The zero-order valence-electron chi connectivity index (χ0n) is 13.6. The highest BCUT2D eigenvalue weighted by Crippen LogP contribution is 2.38. The van der Waals surface area contributed by atoms with E-state index in [0.29, 0.717) is 11.5 Å². The Labute approximate surface area is 119 Å². The van der Waals surface area contributed by atoms with E-state index in [0.717, 1.165) is 18.6 Å². The Kier molecular flexibility index (Phi) is 4.91. The van der Waals surface area contributed by atoms with Crippen LogP contribution in [0.3, 0.4) is 0 Å². The number of likely N-dealkylation sites (tertiary alicyclic amines) is 1. The molecule has 3 nitrogen and oxygen atoms in total. The van der Waals surface area contributed by atoms with Crippen LogP contribution in [0.15, 0.2) is 0 Å². The Hall–Kier alpha value is -0.120. The van der Waals surface area contributed by atoms with Crippen molar-refractivity contribution < 1.29 is 0 Å². The SMILES string of the molecule is CCNC1C(N2CCC(N(C)C)C2)CCCC1(C)C. The van der Waals surface area contributed by atoms with Gasteiger partial charge in [-0.05, 0) is 45.3 Å². The van der Waals surface area contributed by atoms with E-state index < -0.39 is 0 Å². The fourth-order valence-electron chi connectivity index (χ4n) is 4.13. The predicted octanol–water partition coefficient (Wildman–Crippen LogP) is 2.18.